The molecule has 0 N–H and O–H groups in total. The van der Waals surface area contributed by atoms with E-state index in [2.05, 4.69) is 4.98 Å². The van der Waals surface area contributed by atoms with Crippen molar-refractivity contribution in [2.75, 3.05) is 0 Å². The monoisotopic (exact) mass is 367 g/mol. The smallest absolute Gasteiger partial charge is 0.418 e. The number of carbonyl (C=O) groups is 1. The van der Waals surface area contributed by atoms with Crippen LogP contribution < -0.4 is 0 Å². The van der Waals surface area contributed by atoms with Gasteiger partial charge < -0.3 is 4.42 Å². The first-order valence-electron chi connectivity index (χ1n) is 8.08. The van der Waals surface area contributed by atoms with Crippen molar-refractivity contribution in [3.8, 4) is 11.1 Å². The zero-order valence-corrected chi connectivity index (χ0v) is 13.8. The molecule has 0 unspecified atom stereocenters. The number of rotatable bonds is 3. The van der Waals surface area contributed by atoms with E-state index in [0.717, 1.165) is 6.07 Å². The van der Waals surface area contributed by atoms with E-state index in [1.807, 2.05) is 0 Å². The van der Waals surface area contributed by atoms with E-state index in [0.29, 0.717) is 16.7 Å². The topological polar surface area (TPSA) is 43.1 Å². The highest BCUT2D eigenvalue weighted by atomic mass is 19.4. The van der Waals surface area contributed by atoms with Gasteiger partial charge in [0.1, 0.15) is 6.26 Å². The maximum Gasteiger partial charge on any atom is 0.418 e. The number of pyridine rings is 1. The maximum atomic E-state index is 13.4. The Labute approximate surface area is 152 Å². The van der Waals surface area contributed by atoms with E-state index in [9.17, 15) is 18.0 Å². The number of benzene rings is 2. The van der Waals surface area contributed by atoms with Crippen LogP contribution in [0.25, 0.3) is 22.0 Å². The summed E-state index contributed by atoms with van der Waals surface area (Å²) in [5.41, 5.74) is 0.552. The first kappa shape index (κ1) is 17.0. The van der Waals surface area contributed by atoms with Gasteiger partial charge in [-0.15, -0.1) is 0 Å². The van der Waals surface area contributed by atoms with Gasteiger partial charge in [-0.25, -0.2) is 0 Å². The van der Waals surface area contributed by atoms with Crippen LogP contribution >= 0.6 is 0 Å². The molecule has 0 amide bonds. The molecule has 4 rings (SSSR count). The van der Waals surface area contributed by atoms with Crippen molar-refractivity contribution >= 4 is 16.7 Å². The Kier molecular flexibility index (Phi) is 4.03. The molecule has 0 fully saturated rings. The van der Waals surface area contributed by atoms with E-state index in [1.165, 1.54) is 30.9 Å². The Hall–Kier alpha value is -3.41. The Bertz CT molecular complexity index is 1120. The third-order valence-corrected chi connectivity index (χ3v) is 4.29. The normalized spacial score (nSPS) is 11.7. The van der Waals surface area contributed by atoms with Crippen molar-refractivity contribution in [3.63, 3.8) is 0 Å². The molecule has 2 aromatic carbocycles. The van der Waals surface area contributed by atoms with E-state index < -0.39 is 11.7 Å². The second kappa shape index (κ2) is 6.39. The highest BCUT2D eigenvalue weighted by Gasteiger charge is 2.34. The quantitative estimate of drug-likeness (QED) is 0.433. The molecule has 3 nitrogen and oxygen atoms in total. The van der Waals surface area contributed by atoms with Crippen molar-refractivity contribution in [1.29, 1.82) is 0 Å². The molecule has 0 radical (unpaired) electrons. The molecule has 0 atom stereocenters. The van der Waals surface area contributed by atoms with Crippen molar-refractivity contribution in [1.82, 2.24) is 4.98 Å². The molecule has 0 saturated heterocycles. The lowest BCUT2D eigenvalue weighted by Crippen LogP contribution is -2.09. The number of ketones is 1. The lowest BCUT2D eigenvalue weighted by atomic mass is 9.92. The first-order chi connectivity index (χ1) is 13.0. The van der Waals surface area contributed by atoms with Crippen LogP contribution in [0.4, 0.5) is 13.2 Å². The summed E-state index contributed by atoms with van der Waals surface area (Å²) in [6.45, 7) is 0. The summed E-state index contributed by atoms with van der Waals surface area (Å²) >= 11 is 0. The SMILES string of the molecule is O=C(c1ccoc1)c1cnc2c(C(F)(F)F)cccc2c1-c1ccccc1. The number of nitrogens with zero attached hydrogens (tertiary/aromatic N) is 1. The number of aromatic nitrogens is 1. The summed E-state index contributed by atoms with van der Waals surface area (Å²) in [4.78, 5) is 16.9. The van der Waals surface area contributed by atoms with Gasteiger partial charge in [0.2, 0.25) is 0 Å². The van der Waals surface area contributed by atoms with Crippen molar-refractivity contribution in [3.05, 3.63) is 90.0 Å². The average Bonchev–Trinajstić information content (AvgIpc) is 3.20. The number of carbonyl (C=O) groups excluding carboxylic acids is 1. The minimum atomic E-state index is -4.55. The number of halogens is 3. The summed E-state index contributed by atoms with van der Waals surface area (Å²) in [5, 5.41) is 0.269. The van der Waals surface area contributed by atoms with Gasteiger partial charge in [-0.05, 0) is 17.7 Å². The number of hydrogen-bond acceptors (Lipinski definition) is 3. The fraction of sp³-hybridized carbons (Fsp3) is 0.0476. The molecule has 4 aromatic rings. The second-order valence-corrected chi connectivity index (χ2v) is 5.95. The van der Waals surface area contributed by atoms with Gasteiger partial charge in [0.05, 0.1) is 22.9 Å². The van der Waals surface area contributed by atoms with Crippen molar-refractivity contribution < 1.29 is 22.4 Å². The summed E-state index contributed by atoms with van der Waals surface area (Å²) in [7, 11) is 0. The summed E-state index contributed by atoms with van der Waals surface area (Å²) in [5.74, 6) is -0.366. The van der Waals surface area contributed by atoms with Gasteiger partial charge >= 0.3 is 6.18 Å². The predicted octanol–water partition coefficient (Wildman–Crippen LogP) is 5.74. The van der Waals surface area contributed by atoms with Crippen LogP contribution in [0.1, 0.15) is 21.5 Å². The highest BCUT2D eigenvalue weighted by Crippen LogP contribution is 2.38. The summed E-state index contributed by atoms with van der Waals surface area (Å²) in [6, 6.07) is 14.2. The van der Waals surface area contributed by atoms with Gasteiger partial charge in [0.15, 0.2) is 5.78 Å². The Morgan fingerprint density at radius 2 is 1.74 bits per heavy atom. The number of hydrogen-bond donors (Lipinski definition) is 0. The molecule has 0 spiro atoms. The van der Waals surface area contributed by atoms with Gasteiger partial charge in [0, 0.05) is 22.7 Å². The summed E-state index contributed by atoms with van der Waals surface area (Å²) in [6.07, 6.45) is -0.676. The van der Waals surface area contributed by atoms with Crippen LogP contribution in [0.5, 0.6) is 0 Å². The number of alkyl halides is 3. The molecule has 0 aliphatic carbocycles. The lowest BCUT2D eigenvalue weighted by molar-refractivity contribution is -0.136. The maximum absolute atomic E-state index is 13.4. The molecule has 6 heteroatoms. The molecule has 134 valence electrons. The van der Waals surface area contributed by atoms with Crippen LogP contribution in [-0.4, -0.2) is 10.8 Å². The first-order valence-corrected chi connectivity index (χ1v) is 8.08. The molecular weight excluding hydrogens is 355 g/mol. The van der Waals surface area contributed by atoms with E-state index in [-0.39, 0.29) is 22.2 Å². The Morgan fingerprint density at radius 1 is 0.963 bits per heavy atom. The lowest BCUT2D eigenvalue weighted by Gasteiger charge is -2.15. The van der Waals surface area contributed by atoms with Gasteiger partial charge in [-0.2, -0.15) is 13.2 Å². The molecule has 0 saturated carbocycles. The zero-order valence-electron chi connectivity index (χ0n) is 13.8. The second-order valence-electron chi connectivity index (χ2n) is 5.95. The fourth-order valence-corrected chi connectivity index (χ4v) is 3.09. The van der Waals surface area contributed by atoms with E-state index >= 15 is 0 Å². The van der Waals surface area contributed by atoms with Crippen LogP contribution in [0, 0.1) is 0 Å². The van der Waals surface area contributed by atoms with Crippen LogP contribution in [0.2, 0.25) is 0 Å². The molecule has 2 heterocycles. The van der Waals surface area contributed by atoms with Crippen LogP contribution in [-0.2, 0) is 6.18 Å². The molecule has 0 aliphatic rings. The number of furan rings is 1. The minimum absolute atomic E-state index is 0.187. The molecular formula is C21H12F3NO2. The highest BCUT2D eigenvalue weighted by molar-refractivity contribution is 6.16. The standard InChI is InChI=1S/C21H12F3NO2/c22-21(23,24)17-8-4-7-15-18(13-5-2-1-3-6-13)16(11-25-19(15)17)20(26)14-9-10-27-12-14/h1-12H. The Morgan fingerprint density at radius 3 is 2.41 bits per heavy atom. The molecule has 27 heavy (non-hydrogen) atoms. The van der Waals surface area contributed by atoms with E-state index in [4.69, 9.17) is 4.42 Å². The van der Waals surface area contributed by atoms with Gasteiger partial charge in [0.25, 0.3) is 0 Å². The largest absolute Gasteiger partial charge is 0.472 e. The molecule has 2 aromatic heterocycles. The molecule has 0 bridgehead atoms. The predicted molar refractivity (Wildman–Crippen MR) is 94.3 cm³/mol. The van der Waals surface area contributed by atoms with Crippen molar-refractivity contribution in [2.45, 2.75) is 6.18 Å². The average molecular weight is 367 g/mol. The van der Waals surface area contributed by atoms with E-state index in [1.54, 1.807) is 36.4 Å². The van der Waals surface area contributed by atoms with Crippen LogP contribution in [0.15, 0.2) is 77.7 Å². The zero-order chi connectivity index (χ0) is 19.0. The minimum Gasteiger partial charge on any atom is -0.472 e. The fourth-order valence-electron chi connectivity index (χ4n) is 3.09. The third kappa shape index (κ3) is 2.99. The third-order valence-electron chi connectivity index (χ3n) is 4.29. The number of fused-ring (bicyclic) bond motifs is 1. The van der Waals surface area contributed by atoms with Crippen LogP contribution in [0.3, 0.4) is 0 Å². The van der Waals surface area contributed by atoms with Gasteiger partial charge in [-0.3, -0.25) is 9.78 Å². The van der Waals surface area contributed by atoms with Gasteiger partial charge in [-0.1, -0.05) is 42.5 Å². The number of para-hydroxylation sites is 1. The van der Waals surface area contributed by atoms with Crippen molar-refractivity contribution in [2.24, 2.45) is 0 Å². The molecule has 0 aliphatic heterocycles. The Balaban J connectivity index is 2.07. The summed E-state index contributed by atoms with van der Waals surface area (Å²) < 4.78 is 45.2.